The molecule has 0 aliphatic rings. The van der Waals surface area contributed by atoms with Gasteiger partial charge in [-0.2, -0.15) is 5.10 Å². The highest BCUT2D eigenvalue weighted by molar-refractivity contribution is 14.0. The van der Waals surface area contributed by atoms with Gasteiger partial charge in [-0.1, -0.05) is 0 Å². The van der Waals surface area contributed by atoms with Crippen molar-refractivity contribution in [3.05, 3.63) is 24.2 Å². The van der Waals surface area contributed by atoms with E-state index in [1.165, 1.54) is 0 Å². The maximum atomic E-state index is 5.50. The van der Waals surface area contributed by atoms with Gasteiger partial charge < -0.3 is 15.5 Å². The van der Waals surface area contributed by atoms with Crippen molar-refractivity contribution in [1.82, 2.24) is 20.5 Å². The van der Waals surface area contributed by atoms with E-state index >= 15 is 0 Å². The smallest absolute Gasteiger partial charge is 0.216 e. The van der Waals surface area contributed by atoms with E-state index in [0.717, 1.165) is 5.82 Å². The number of nitrogens with two attached hydrogens (primary N) is 1. The lowest BCUT2D eigenvalue weighted by molar-refractivity contribution is 0.577. The standard InChI is InChI=1S/C10H14N6O.HI/c1-12-10(11)13-5-4-8-14-9(16-15-8)7-3-2-6-17-7;/h2-3,6H,4-5H2,1H3,(H3,11,12,13)(H,14,15,16);1H. The van der Waals surface area contributed by atoms with Crippen molar-refractivity contribution in [2.45, 2.75) is 6.42 Å². The molecule has 0 aliphatic heterocycles. The van der Waals surface area contributed by atoms with E-state index < -0.39 is 0 Å². The summed E-state index contributed by atoms with van der Waals surface area (Å²) in [5.41, 5.74) is 5.50. The molecule has 0 bridgehead atoms. The maximum absolute atomic E-state index is 5.50. The van der Waals surface area contributed by atoms with Crippen LogP contribution in [-0.4, -0.2) is 34.7 Å². The summed E-state index contributed by atoms with van der Waals surface area (Å²) >= 11 is 0. The third-order valence-electron chi connectivity index (χ3n) is 2.18. The fraction of sp³-hybridized carbons (Fsp3) is 0.300. The Hall–Kier alpha value is -1.58. The first kappa shape index (κ1) is 14.5. The summed E-state index contributed by atoms with van der Waals surface area (Å²) < 4.78 is 5.19. The summed E-state index contributed by atoms with van der Waals surface area (Å²) in [5.74, 6) is 2.39. The molecule has 18 heavy (non-hydrogen) atoms. The van der Waals surface area contributed by atoms with Crippen LogP contribution in [0, 0.1) is 0 Å². The van der Waals surface area contributed by atoms with E-state index in [4.69, 9.17) is 10.2 Å². The zero-order chi connectivity index (χ0) is 12.1. The van der Waals surface area contributed by atoms with E-state index in [2.05, 4.69) is 25.5 Å². The van der Waals surface area contributed by atoms with Gasteiger partial charge in [0.05, 0.1) is 6.26 Å². The molecule has 0 saturated heterocycles. The van der Waals surface area contributed by atoms with Crippen LogP contribution in [0.3, 0.4) is 0 Å². The Balaban J connectivity index is 0.00000162. The fourth-order valence-electron chi connectivity index (χ4n) is 1.31. The minimum absolute atomic E-state index is 0. The average molecular weight is 362 g/mol. The van der Waals surface area contributed by atoms with E-state index in [1.807, 2.05) is 6.07 Å². The van der Waals surface area contributed by atoms with Gasteiger partial charge in [0.25, 0.3) is 0 Å². The number of hydrogen-bond donors (Lipinski definition) is 3. The molecule has 0 spiro atoms. The van der Waals surface area contributed by atoms with Gasteiger partial charge in [0, 0.05) is 20.0 Å². The molecule has 0 unspecified atom stereocenters. The molecule has 2 rings (SSSR count). The predicted molar refractivity (Wildman–Crippen MR) is 78.8 cm³/mol. The van der Waals surface area contributed by atoms with Crippen molar-refractivity contribution in [3.63, 3.8) is 0 Å². The van der Waals surface area contributed by atoms with Crippen molar-refractivity contribution < 1.29 is 4.42 Å². The highest BCUT2D eigenvalue weighted by Crippen LogP contribution is 2.14. The van der Waals surface area contributed by atoms with Crippen LogP contribution in [0.15, 0.2) is 27.8 Å². The van der Waals surface area contributed by atoms with Gasteiger partial charge in [-0.25, -0.2) is 4.98 Å². The third-order valence-corrected chi connectivity index (χ3v) is 2.18. The number of nitrogens with one attached hydrogen (secondary N) is 2. The largest absolute Gasteiger partial charge is 0.461 e. The van der Waals surface area contributed by atoms with Gasteiger partial charge in [0.2, 0.25) is 5.82 Å². The Morgan fingerprint density at radius 1 is 1.61 bits per heavy atom. The Bertz CT molecular complexity index is 492. The highest BCUT2D eigenvalue weighted by atomic mass is 127. The molecule has 0 aromatic carbocycles. The first-order chi connectivity index (χ1) is 8.29. The molecular weight excluding hydrogens is 347 g/mol. The molecule has 0 radical (unpaired) electrons. The fourth-order valence-corrected chi connectivity index (χ4v) is 1.31. The van der Waals surface area contributed by atoms with Crippen LogP contribution in [0.1, 0.15) is 5.82 Å². The van der Waals surface area contributed by atoms with Crippen LogP contribution in [0.2, 0.25) is 0 Å². The highest BCUT2D eigenvalue weighted by Gasteiger charge is 2.07. The van der Waals surface area contributed by atoms with Crippen LogP contribution in [0.25, 0.3) is 11.6 Å². The van der Waals surface area contributed by atoms with Crippen LogP contribution >= 0.6 is 24.0 Å². The van der Waals surface area contributed by atoms with Gasteiger partial charge in [0.1, 0.15) is 5.82 Å². The van der Waals surface area contributed by atoms with Crippen LogP contribution in [-0.2, 0) is 6.42 Å². The van der Waals surface area contributed by atoms with Crippen molar-refractivity contribution >= 4 is 29.9 Å². The summed E-state index contributed by atoms with van der Waals surface area (Å²) in [6.07, 6.45) is 2.27. The van der Waals surface area contributed by atoms with Gasteiger partial charge in [-0.15, -0.1) is 24.0 Å². The molecule has 8 heteroatoms. The Labute approximate surface area is 121 Å². The number of rotatable bonds is 4. The van der Waals surface area contributed by atoms with E-state index in [0.29, 0.717) is 30.5 Å². The number of furan rings is 1. The van der Waals surface area contributed by atoms with E-state index in [1.54, 1.807) is 19.4 Å². The van der Waals surface area contributed by atoms with Crippen molar-refractivity contribution in [2.75, 3.05) is 13.6 Å². The number of aromatic nitrogens is 3. The van der Waals surface area contributed by atoms with Gasteiger partial charge in [0.15, 0.2) is 11.7 Å². The summed E-state index contributed by atoms with van der Waals surface area (Å²) in [6.45, 7) is 0.649. The molecule has 98 valence electrons. The first-order valence-corrected chi connectivity index (χ1v) is 5.21. The molecule has 2 heterocycles. The number of nitrogens with zero attached hydrogens (tertiary/aromatic N) is 3. The zero-order valence-corrected chi connectivity index (χ0v) is 12.2. The second-order valence-electron chi connectivity index (χ2n) is 3.37. The summed E-state index contributed by atoms with van der Waals surface area (Å²) in [5, 5.41) is 9.84. The number of halogens is 1. The summed E-state index contributed by atoms with van der Waals surface area (Å²) in [4.78, 5) is 8.08. The predicted octanol–water partition coefficient (Wildman–Crippen LogP) is 0.759. The normalized spacial score (nSPS) is 11.1. The van der Waals surface area contributed by atoms with Crippen molar-refractivity contribution in [1.29, 1.82) is 0 Å². The first-order valence-electron chi connectivity index (χ1n) is 5.21. The minimum Gasteiger partial charge on any atom is -0.461 e. The number of hydrogen-bond acceptors (Lipinski definition) is 4. The summed E-state index contributed by atoms with van der Waals surface area (Å²) in [7, 11) is 1.63. The number of H-pyrrole nitrogens is 1. The van der Waals surface area contributed by atoms with Crippen LogP contribution in [0.4, 0.5) is 0 Å². The SMILES string of the molecule is CN=C(N)NCCc1nc(-c2ccco2)n[nH]1.I. The Morgan fingerprint density at radius 2 is 2.44 bits per heavy atom. The lowest BCUT2D eigenvalue weighted by Gasteiger charge is -2.01. The van der Waals surface area contributed by atoms with Gasteiger partial charge in [-0.3, -0.25) is 10.1 Å². The number of aliphatic imine (C=N–C) groups is 1. The van der Waals surface area contributed by atoms with Gasteiger partial charge in [-0.05, 0) is 12.1 Å². The average Bonchev–Trinajstić information content (AvgIpc) is 2.98. The zero-order valence-electron chi connectivity index (χ0n) is 9.88. The number of guanidine groups is 1. The lowest BCUT2D eigenvalue weighted by atomic mass is 10.4. The quantitative estimate of drug-likeness (QED) is 0.423. The van der Waals surface area contributed by atoms with Crippen molar-refractivity contribution in [2.24, 2.45) is 10.7 Å². The maximum Gasteiger partial charge on any atom is 0.216 e. The second-order valence-corrected chi connectivity index (χ2v) is 3.37. The minimum atomic E-state index is 0. The molecule has 2 aromatic heterocycles. The molecule has 0 aliphatic carbocycles. The van der Waals surface area contributed by atoms with Crippen LogP contribution < -0.4 is 11.1 Å². The van der Waals surface area contributed by atoms with Gasteiger partial charge >= 0.3 is 0 Å². The molecular formula is C10H15IN6O. The number of aromatic amines is 1. The third kappa shape index (κ3) is 3.72. The molecule has 7 nitrogen and oxygen atoms in total. The van der Waals surface area contributed by atoms with Crippen molar-refractivity contribution in [3.8, 4) is 11.6 Å². The van der Waals surface area contributed by atoms with E-state index in [9.17, 15) is 0 Å². The Kier molecular flexibility index (Phi) is 5.62. The molecule has 0 saturated carbocycles. The Morgan fingerprint density at radius 3 is 3.11 bits per heavy atom. The monoisotopic (exact) mass is 362 g/mol. The topological polar surface area (TPSA) is 105 Å². The lowest BCUT2D eigenvalue weighted by Crippen LogP contribution is -2.33. The second kappa shape index (κ2) is 6.99. The summed E-state index contributed by atoms with van der Waals surface area (Å²) in [6, 6.07) is 3.61. The molecule has 4 N–H and O–H groups in total. The molecule has 0 fully saturated rings. The molecule has 0 atom stereocenters. The van der Waals surface area contributed by atoms with Crippen LogP contribution in [0.5, 0.6) is 0 Å². The van der Waals surface area contributed by atoms with E-state index in [-0.39, 0.29) is 24.0 Å². The molecule has 2 aromatic rings. The molecule has 0 amide bonds.